The molecule has 0 radical (unpaired) electrons. The average molecular weight is 288 g/mol. The van der Waals surface area contributed by atoms with E-state index in [2.05, 4.69) is 10.1 Å². The fourth-order valence-electron chi connectivity index (χ4n) is 2.24. The molecule has 0 aliphatic rings. The number of pyridine rings is 1. The van der Waals surface area contributed by atoms with E-state index in [-0.39, 0.29) is 11.9 Å². The standard InChI is InChI=1S/C15H20N4O2/c1-10(8-14(16)18-20)19(2)15-13-5-4-12(21-3)9-11(13)6-7-17-15/h4-7,9-10,20H,8H2,1-3H3,(H2,16,18). The van der Waals surface area contributed by atoms with Crippen LogP contribution in [0.2, 0.25) is 0 Å². The zero-order chi connectivity index (χ0) is 15.4. The van der Waals surface area contributed by atoms with E-state index in [9.17, 15) is 0 Å². The van der Waals surface area contributed by atoms with Crippen LogP contribution in [0.4, 0.5) is 5.82 Å². The number of hydrogen-bond acceptors (Lipinski definition) is 5. The fourth-order valence-corrected chi connectivity index (χ4v) is 2.24. The lowest BCUT2D eigenvalue weighted by molar-refractivity contribution is 0.316. The molecule has 0 saturated carbocycles. The van der Waals surface area contributed by atoms with Gasteiger partial charge in [0, 0.05) is 31.1 Å². The van der Waals surface area contributed by atoms with E-state index in [0.717, 1.165) is 22.3 Å². The molecule has 0 amide bonds. The Bertz CT molecular complexity index is 657. The molecule has 1 atom stereocenters. The summed E-state index contributed by atoms with van der Waals surface area (Å²) in [5.41, 5.74) is 5.58. The van der Waals surface area contributed by atoms with E-state index < -0.39 is 0 Å². The van der Waals surface area contributed by atoms with Crippen molar-refractivity contribution in [1.29, 1.82) is 0 Å². The number of methoxy groups -OCH3 is 1. The van der Waals surface area contributed by atoms with Gasteiger partial charge in [-0.1, -0.05) is 5.16 Å². The maximum Gasteiger partial charge on any atom is 0.141 e. The number of benzene rings is 1. The Morgan fingerprint density at radius 2 is 2.24 bits per heavy atom. The molecule has 0 aliphatic heterocycles. The number of nitrogens with two attached hydrogens (primary N) is 1. The largest absolute Gasteiger partial charge is 0.497 e. The summed E-state index contributed by atoms with van der Waals surface area (Å²) < 4.78 is 5.24. The molecule has 0 saturated heterocycles. The lowest BCUT2D eigenvalue weighted by Crippen LogP contribution is -2.33. The number of fused-ring (bicyclic) bond motifs is 1. The Balaban J connectivity index is 2.37. The minimum absolute atomic E-state index is 0.0566. The predicted octanol–water partition coefficient (Wildman–Crippen LogP) is 2.20. The second-order valence-corrected chi connectivity index (χ2v) is 4.98. The average Bonchev–Trinajstić information content (AvgIpc) is 2.52. The first-order valence-corrected chi connectivity index (χ1v) is 6.68. The topological polar surface area (TPSA) is 84.0 Å². The molecule has 3 N–H and O–H groups in total. The number of oxime groups is 1. The SMILES string of the molecule is COc1ccc2c(N(C)C(C)C/C(N)=N/O)nccc2c1. The predicted molar refractivity (Wildman–Crippen MR) is 84.2 cm³/mol. The summed E-state index contributed by atoms with van der Waals surface area (Å²) in [6.07, 6.45) is 2.23. The third-order valence-corrected chi connectivity index (χ3v) is 3.58. The molecule has 6 heteroatoms. The molecule has 1 heterocycles. The Hall–Kier alpha value is -2.50. The Morgan fingerprint density at radius 1 is 1.48 bits per heavy atom. The van der Waals surface area contributed by atoms with E-state index in [4.69, 9.17) is 15.7 Å². The molecule has 6 nitrogen and oxygen atoms in total. The number of nitrogens with zero attached hydrogens (tertiary/aromatic N) is 3. The van der Waals surface area contributed by atoms with Crippen LogP contribution in [-0.2, 0) is 0 Å². The zero-order valence-electron chi connectivity index (χ0n) is 12.4. The first kappa shape index (κ1) is 14.9. The number of rotatable bonds is 5. The molecular weight excluding hydrogens is 268 g/mol. The molecule has 112 valence electrons. The van der Waals surface area contributed by atoms with Crippen molar-refractivity contribution >= 4 is 22.4 Å². The first-order valence-electron chi connectivity index (χ1n) is 6.68. The summed E-state index contributed by atoms with van der Waals surface area (Å²) in [6.45, 7) is 2.00. The van der Waals surface area contributed by atoms with Gasteiger partial charge in [-0.3, -0.25) is 0 Å². The van der Waals surface area contributed by atoms with E-state index in [1.807, 2.05) is 43.1 Å². The fraction of sp³-hybridized carbons (Fsp3) is 0.333. The number of aromatic nitrogens is 1. The van der Waals surface area contributed by atoms with Crippen LogP contribution in [0.15, 0.2) is 35.6 Å². The number of amidine groups is 1. The lowest BCUT2D eigenvalue weighted by Gasteiger charge is -2.26. The van der Waals surface area contributed by atoms with E-state index in [1.54, 1.807) is 13.3 Å². The van der Waals surface area contributed by atoms with Crippen molar-refractivity contribution in [3.8, 4) is 5.75 Å². The zero-order valence-corrected chi connectivity index (χ0v) is 12.4. The van der Waals surface area contributed by atoms with Crippen molar-refractivity contribution < 1.29 is 9.94 Å². The summed E-state index contributed by atoms with van der Waals surface area (Å²) >= 11 is 0. The maximum absolute atomic E-state index is 8.68. The van der Waals surface area contributed by atoms with Crippen molar-refractivity contribution in [3.05, 3.63) is 30.5 Å². The minimum Gasteiger partial charge on any atom is -0.497 e. The van der Waals surface area contributed by atoms with Gasteiger partial charge in [-0.15, -0.1) is 0 Å². The van der Waals surface area contributed by atoms with Crippen LogP contribution < -0.4 is 15.4 Å². The van der Waals surface area contributed by atoms with Gasteiger partial charge in [-0.2, -0.15) is 0 Å². The molecule has 2 rings (SSSR count). The van der Waals surface area contributed by atoms with Crippen molar-refractivity contribution in [2.24, 2.45) is 10.9 Å². The normalized spacial score (nSPS) is 13.2. The highest BCUT2D eigenvalue weighted by Crippen LogP contribution is 2.28. The van der Waals surface area contributed by atoms with Crippen LogP contribution in [-0.4, -0.2) is 36.2 Å². The molecule has 0 spiro atoms. The van der Waals surface area contributed by atoms with Gasteiger partial charge in [0.25, 0.3) is 0 Å². The van der Waals surface area contributed by atoms with Crippen LogP contribution in [0.25, 0.3) is 10.8 Å². The van der Waals surface area contributed by atoms with Crippen LogP contribution in [0.3, 0.4) is 0 Å². The number of ether oxygens (including phenoxy) is 1. The molecule has 0 fully saturated rings. The van der Waals surface area contributed by atoms with Crippen LogP contribution in [0.5, 0.6) is 5.75 Å². The second kappa shape index (κ2) is 6.30. The summed E-state index contributed by atoms with van der Waals surface area (Å²) in [4.78, 5) is 6.48. The highest BCUT2D eigenvalue weighted by molar-refractivity contribution is 5.93. The molecule has 1 unspecified atom stereocenters. The molecule has 1 aromatic heterocycles. The molecule has 0 aliphatic carbocycles. The van der Waals surface area contributed by atoms with Crippen molar-refractivity contribution in [2.75, 3.05) is 19.1 Å². The van der Waals surface area contributed by atoms with Gasteiger partial charge in [0.2, 0.25) is 0 Å². The number of anilines is 1. The second-order valence-electron chi connectivity index (χ2n) is 4.98. The molecule has 0 bridgehead atoms. The summed E-state index contributed by atoms with van der Waals surface area (Å²) in [6, 6.07) is 7.88. The minimum atomic E-state index is 0.0566. The van der Waals surface area contributed by atoms with Gasteiger partial charge in [-0.05, 0) is 36.6 Å². The highest BCUT2D eigenvalue weighted by Gasteiger charge is 2.15. The summed E-state index contributed by atoms with van der Waals surface area (Å²) in [5.74, 6) is 1.87. The molecule has 2 aromatic rings. The quantitative estimate of drug-likeness (QED) is 0.381. The van der Waals surface area contributed by atoms with Crippen molar-refractivity contribution in [3.63, 3.8) is 0 Å². The van der Waals surface area contributed by atoms with Gasteiger partial charge in [0.15, 0.2) is 0 Å². The third kappa shape index (κ3) is 3.16. The molecule has 21 heavy (non-hydrogen) atoms. The lowest BCUT2D eigenvalue weighted by atomic mass is 10.1. The van der Waals surface area contributed by atoms with Gasteiger partial charge in [0.1, 0.15) is 17.4 Å². The van der Waals surface area contributed by atoms with E-state index >= 15 is 0 Å². The van der Waals surface area contributed by atoms with Crippen molar-refractivity contribution in [2.45, 2.75) is 19.4 Å². The maximum atomic E-state index is 8.68. The van der Waals surface area contributed by atoms with Gasteiger partial charge >= 0.3 is 0 Å². The van der Waals surface area contributed by atoms with Gasteiger partial charge in [-0.25, -0.2) is 4.98 Å². The Labute approximate surface area is 123 Å². The Kier molecular flexibility index (Phi) is 4.47. The third-order valence-electron chi connectivity index (χ3n) is 3.58. The summed E-state index contributed by atoms with van der Waals surface area (Å²) in [7, 11) is 3.59. The van der Waals surface area contributed by atoms with Gasteiger partial charge in [0.05, 0.1) is 7.11 Å². The molecular formula is C15H20N4O2. The van der Waals surface area contributed by atoms with Crippen LogP contribution in [0, 0.1) is 0 Å². The van der Waals surface area contributed by atoms with Crippen LogP contribution in [0.1, 0.15) is 13.3 Å². The van der Waals surface area contributed by atoms with E-state index in [0.29, 0.717) is 6.42 Å². The molecule has 1 aromatic carbocycles. The smallest absolute Gasteiger partial charge is 0.141 e. The Morgan fingerprint density at radius 3 is 2.90 bits per heavy atom. The van der Waals surface area contributed by atoms with E-state index in [1.165, 1.54) is 0 Å². The first-order chi connectivity index (χ1) is 10.1. The monoisotopic (exact) mass is 288 g/mol. The number of hydrogen-bond donors (Lipinski definition) is 2. The van der Waals surface area contributed by atoms with Gasteiger partial charge < -0.3 is 20.6 Å². The highest BCUT2D eigenvalue weighted by atomic mass is 16.5. The van der Waals surface area contributed by atoms with Crippen molar-refractivity contribution in [1.82, 2.24) is 4.98 Å². The van der Waals surface area contributed by atoms with Crippen LogP contribution >= 0.6 is 0 Å². The summed E-state index contributed by atoms with van der Waals surface area (Å²) in [5, 5.41) is 13.8.